The molecule has 1 aromatic carbocycles. The molecule has 1 heterocycles. The smallest absolute Gasteiger partial charge is 0.313 e. The maximum absolute atomic E-state index is 11.6. The van der Waals surface area contributed by atoms with Gasteiger partial charge in [0.1, 0.15) is 25.4 Å². The van der Waals surface area contributed by atoms with E-state index in [1.807, 2.05) is 6.07 Å². The normalized spacial score (nSPS) is 14.5. The van der Waals surface area contributed by atoms with Gasteiger partial charge in [-0.2, -0.15) is 0 Å². The summed E-state index contributed by atoms with van der Waals surface area (Å²) in [7, 11) is 0. The number of benzene rings is 1. The Bertz CT molecular complexity index is 593. The van der Waals surface area contributed by atoms with Gasteiger partial charge in [0.15, 0.2) is 11.5 Å². The quantitative estimate of drug-likeness (QED) is 0.609. The van der Waals surface area contributed by atoms with Crippen molar-refractivity contribution in [1.82, 2.24) is 0 Å². The van der Waals surface area contributed by atoms with E-state index in [0.29, 0.717) is 24.7 Å². The van der Waals surface area contributed by atoms with Crippen LogP contribution in [0.3, 0.4) is 0 Å². The van der Waals surface area contributed by atoms with Crippen molar-refractivity contribution >= 4 is 17.8 Å². The van der Waals surface area contributed by atoms with E-state index in [1.54, 1.807) is 25.1 Å². The van der Waals surface area contributed by atoms with Crippen molar-refractivity contribution in [3.8, 4) is 11.5 Å². The van der Waals surface area contributed by atoms with Crippen molar-refractivity contribution < 1.29 is 28.9 Å². The molecule has 1 aromatic rings. The Labute approximate surface area is 134 Å². The van der Waals surface area contributed by atoms with E-state index in [4.69, 9.17) is 14.2 Å². The third kappa shape index (κ3) is 5.41. The van der Waals surface area contributed by atoms with E-state index in [9.17, 15) is 14.7 Å². The van der Waals surface area contributed by atoms with Gasteiger partial charge in [-0.25, -0.2) is 0 Å². The van der Waals surface area contributed by atoms with Gasteiger partial charge in [0, 0.05) is 6.42 Å². The molecule has 1 unspecified atom stereocenters. The maximum Gasteiger partial charge on any atom is 0.313 e. The number of rotatable bonds is 7. The summed E-state index contributed by atoms with van der Waals surface area (Å²) in [5, 5.41) is 9.85. The van der Waals surface area contributed by atoms with Crippen LogP contribution in [0, 0.1) is 0 Å². The van der Waals surface area contributed by atoms with Crippen LogP contribution >= 0.6 is 0 Å². The Morgan fingerprint density at radius 1 is 1.30 bits per heavy atom. The SMILES string of the molecule is CCOC(=O)CC(=O)CC(O)/C=C/c1ccc2c(c1)OCCO2. The molecule has 1 N–H and O–H groups in total. The molecule has 1 aliphatic rings. The number of ether oxygens (including phenoxy) is 3. The summed E-state index contributed by atoms with van der Waals surface area (Å²) in [5.41, 5.74) is 0.825. The molecule has 1 aliphatic heterocycles. The highest BCUT2D eigenvalue weighted by atomic mass is 16.6. The minimum atomic E-state index is -0.954. The van der Waals surface area contributed by atoms with Crippen molar-refractivity contribution in [3.05, 3.63) is 29.8 Å². The van der Waals surface area contributed by atoms with Crippen LogP contribution in [-0.4, -0.2) is 42.8 Å². The highest BCUT2D eigenvalue weighted by molar-refractivity contribution is 5.95. The average Bonchev–Trinajstić information content (AvgIpc) is 2.52. The zero-order chi connectivity index (χ0) is 16.7. The Morgan fingerprint density at radius 3 is 2.78 bits per heavy atom. The molecule has 0 aromatic heterocycles. The predicted octanol–water partition coefficient (Wildman–Crippen LogP) is 1.74. The van der Waals surface area contributed by atoms with E-state index >= 15 is 0 Å². The molecule has 6 heteroatoms. The van der Waals surface area contributed by atoms with Crippen LogP contribution in [-0.2, 0) is 14.3 Å². The van der Waals surface area contributed by atoms with Gasteiger partial charge >= 0.3 is 5.97 Å². The second-order valence-electron chi connectivity index (χ2n) is 5.05. The molecule has 0 amide bonds. The number of aliphatic hydroxyl groups excluding tert-OH is 1. The highest BCUT2D eigenvalue weighted by Crippen LogP contribution is 2.31. The molecule has 0 radical (unpaired) electrons. The Kier molecular flexibility index (Phi) is 6.17. The van der Waals surface area contributed by atoms with Crippen molar-refractivity contribution in [3.63, 3.8) is 0 Å². The van der Waals surface area contributed by atoms with Gasteiger partial charge in [0.2, 0.25) is 0 Å². The Balaban J connectivity index is 1.87. The number of ketones is 1. The summed E-state index contributed by atoms with van der Waals surface area (Å²) in [6.45, 7) is 2.95. The lowest BCUT2D eigenvalue weighted by molar-refractivity contribution is -0.145. The van der Waals surface area contributed by atoms with Gasteiger partial charge < -0.3 is 19.3 Å². The van der Waals surface area contributed by atoms with Crippen LogP contribution < -0.4 is 9.47 Å². The number of carbonyl (C=O) groups excluding carboxylic acids is 2. The minimum Gasteiger partial charge on any atom is -0.486 e. The number of Topliss-reactive ketones (excluding diaryl/α,β-unsaturated/α-hetero) is 1. The first kappa shape index (κ1) is 17.0. The Hall–Kier alpha value is -2.34. The topological polar surface area (TPSA) is 82.1 Å². The fourth-order valence-corrected chi connectivity index (χ4v) is 2.13. The first-order valence-electron chi connectivity index (χ1n) is 7.51. The van der Waals surface area contributed by atoms with Crippen LogP contribution in [0.4, 0.5) is 0 Å². The zero-order valence-corrected chi connectivity index (χ0v) is 13.0. The number of hydrogen-bond acceptors (Lipinski definition) is 6. The second kappa shape index (κ2) is 8.33. The lowest BCUT2D eigenvalue weighted by Gasteiger charge is -2.18. The Morgan fingerprint density at radius 2 is 2.04 bits per heavy atom. The standard InChI is InChI=1S/C17H20O6/c1-2-21-17(20)11-14(19)10-13(18)5-3-12-4-6-15-16(9-12)23-8-7-22-15/h3-6,9,13,18H,2,7-8,10-11H2,1H3/b5-3+. The van der Waals surface area contributed by atoms with Gasteiger partial charge in [0.05, 0.1) is 12.7 Å². The third-order valence-corrected chi connectivity index (χ3v) is 3.16. The molecule has 6 nitrogen and oxygen atoms in total. The van der Waals surface area contributed by atoms with Crippen LogP contribution in [0.1, 0.15) is 25.3 Å². The highest BCUT2D eigenvalue weighted by Gasteiger charge is 2.14. The van der Waals surface area contributed by atoms with Gasteiger partial charge in [-0.1, -0.05) is 18.2 Å². The lowest BCUT2D eigenvalue weighted by Crippen LogP contribution is -2.16. The van der Waals surface area contributed by atoms with Crippen LogP contribution in [0.2, 0.25) is 0 Å². The number of hydrogen-bond donors (Lipinski definition) is 1. The molecular weight excluding hydrogens is 300 g/mol. The summed E-state index contributed by atoms with van der Waals surface area (Å²) in [6.07, 6.45) is 1.81. The first-order valence-corrected chi connectivity index (χ1v) is 7.51. The van der Waals surface area contributed by atoms with E-state index in [1.165, 1.54) is 6.08 Å². The summed E-state index contributed by atoms with van der Waals surface area (Å²) >= 11 is 0. The molecule has 0 fully saturated rings. The summed E-state index contributed by atoms with van der Waals surface area (Å²) < 4.78 is 15.6. The third-order valence-electron chi connectivity index (χ3n) is 3.16. The van der Waals surface area contributed by atoms with E-state index < -0.39 is 12.1 Å². The molecular formula is C17H20O6. The number of carbonyl (C=O) groups is 2. The molecule has 124 valence electrons. The second-order valence-corrected chi connectivity index (χ2v) is 5.05. The van der Waals surface area contributed by atoms with Crippen molar-refractivity contribution in [1.29, 1.82) is 0 Å². The predicted molar refractivity (Wildman–Crippen MR) is 83.3 cm³/mol. The molecule has 0 aliphatic carbocycles. The number of fused-ring (bicyclic) bond motifs is 1. The molecule has 0 saturated heterocycles. The van der Waals surface area contributed by atoms with Crippen molar-refractivity contribution in [2.75, 3.05) is 19.8 Å². The van der Waals surface area contributed by atoms with E-state index in [2.05, 4.69) is 0 Å². The molecule has 0 saturated carbocycles. The fourth-order valence-electron chi connectivity index (χ4n) is 2.13. The number of aliphatic hydroxyl groups is 1. The fraction of sp³-hybridized carbons (Fsp3) is 0.412. The zero-order valence-electron chi connectivity index (χ0n) is 13.0. The minimum absolute atomic E-state index is 0.125. The number of esters is 1. The van der Waals surface area contributed by atoms with Crippen molar-refractivity contribution in [2.24, 2.45) is 0 Å². The molecule has 1 atom stereocenters. The van der Waals surface area contributed by atoms with E-state index in [-0.39, 0.29) is 25.2 Å². The van der Waals surface area contributed by atoms with Crippen LogP contribution in [0.25, 0.3) is 6.08 Å². The van der Waals surface area contributed by atoms with Crippen molar-refractivity contribution in [2.45, 2.75) is 25.9 Å². The van der Waals surface area contributed by atoms with Gasteiger partial charge in [-0.3, -0.25) is 9.59 Å². The maximum atomic E-state index is 11.6. The molecule has 2 rings (SSSR count). The van der Waals surface area contributed by atoms with Gasteiger partial charge in [-0.05, 0) is 24.6 Å². The molecule has 0 bridgehead atoms. The van der Waals surface area contributed by atoms with Gasteiger partial charge in [0.25, 0.3) is 0 Å². The first-order chi connectivity index (χ1) is 11.1. The monoisotopic (exact) mass is 320 g/mol. The van der Waals surface area contributed by atoms with Crippen LogP contribution in [0.15, 0.2) is 24.3 Å². The van der Waals surface area contributed by atoms with Gasteiger partial charge in [-0.15, -0.1) is 0 Å². The summed E-state index contributed by atoms with van der Waals surface area (Å²) in [5.74, 6) is 0.424. The molecule has 0 spiro atoms. The summed E-state index contributed by atoms with van der Waals surface area (Å²) in [4.78, 5) is 22.8. The van der Waals surface area contributed by atoms with E-state index in [0.717, 1.165) is 5.56 Å². The average molecular weight is 320 g/mol. The lowest BCUT2D eigenvalue weighted by atomic mass is 10.1. The summed E-state index contributed by atoms with van der Waals surface area (Å²) in [6, 6.07) is 5.43. The van der Waals surface area contributed by atoms with Crippen LogP contribution in [0.5, 0.6) is 11.5 Å². The molecule has 23 heavy (non-hydrogen) atoms. The largest absolute Gasteiger partial charge is 0.486 e.